The second kappa shape index (κ2) is 4.69. The van der Waals surface area contributed by atoms with E-state index in [1.807, 2.05) is 12.4 Å². The van der Waals surface area contributed by atoms with Crippen molar-refractivity contribution in [2.45, 2.75) is 48.0 Å². The van der Waals surface area contributed by atoms with E-state index in [1.165, 1.54) is 43.3 Å². The largest absolute Gasteiger partial charge is 0.302 e. The molecule has 0 aliphatic heterocycles. The maximum Gasteiger partial charge on any atom is 0.199 e. The van der Waals surface area contributed by atoms with E-state index >= 15 is 0 Å². The van der Waals surface area contributed by atoms with Gasteiger partial charge in [-0.25, -0.2) is 9.97 Å². The molecule has 0 spiro atoms. The van der Waals surface area contributed by atoms with Crippen LogP contribution in [0.1, 0.15) is 43.5 Å². The molecule has 0 saturated heterocycles. The average molecular weight is 385 g/mol. The van der Waals surface area contributed by atoms with E-state index in [1.54, 1.807) is 0 Å². The van der Waals surface area contributed by atoms with E-state index in [-0.39, 0.29) is 0 Å². The molecular formula is C12H12IN5S. The summed E-state index contributed by atoms with van der Waals surface area (Å²) in [6.07, 6.45) is 8.67. The van der Waals surface area contributed by atoms with Crippen molar-refractivity contribution in [1.29, 1.82) is 0 Å². The summed E-state index contributed by atoms with van der Waals surface area (Å²) in [7, 11) is 0. The molecule has 2 saturated carbocycles. The predicted octanol–water partition coefficient (Wildman–Crippen LogP) is 3.04. The van der Waals surface area contributed by atoms with E-state index in [0.29, 0.717) is 12.0 Å². The Labute approximate surface area is 128 Å². The van der Waals surface area contributed by atoms with Crippen LogP contribution in [-0.4, -0.2) is 24.7 Å². The molecule has 0 aromatic carbocycles. The molecule has 2 aliphatic rings. The Morgan fingerprint density at radius 2 is 1.84 bits per heavy atom. The van der Waals surface area contributed by atoms with Crippen molar-refractivity contribution in [2.24, 2.45) is 0 Å². The van der Waals surface area contributed by atoms with Crippen LogP contribution in [-0.2, 0) is 0 Å². The third kappa shape index (κ3) is 2.49. The molecule has 2 aliphatic carbocycles. The molecule has 2 fully saturated rings. The van der Waals surface area contributed by atoms with Crippen molar-refractivity contribution < 1.29 is 0 Å². The fourth-order valence-corrected chi connectivity index (χ4v) is 3.16. The summed E-state index contributed by atoms with van der Waals surface area (Å²) in [5.74, 6) is 1.82. The van der Waals surface area contributed by atoms with Crippen LogP contribution in [0.3, 0.4) is 0 Å². The van der Waals surface area contributed by atoms with Gasteiger partial charge in [-0.15, -0.1) is 10.2 Å². The third-order valence-corrected chi connectivity index (χ3v) is 4.74. The maximum atomic E-state index is 4.39. The molecule has 4 rings (SSSR count). The topological polar surface area (TPSA) is 56.5 Å². The second-order valence-corrected chi connectivity index (χ2v) is 7.18. The van der Waals surface area contributed by atoms with Gasteiger partial charge >= 0.3 is 0 Å². The highest BCUT2D eigenvalue weighted by Crippen LogP contribution is 2.46. The molecule has 2 aromatic rings. The zero-order valence-corrected chi connectivity index (χ0v) is 13.1. The minimum absolute atomic E-state index is 0.608. The van der Waals surface area contributed by atoms with E-state index in [0.717, 1.165) is 13.9 Å². The van der Waals surface area contributed by atoms with Crippen LogP contribution < -0.4 is 0 Å². The molecule has 5 nitrogen and oxygen atoms in total. The third-order valence-electron chi connectivity index (χ3n) is 3.32. The van der Waals surface area contributed by atoms with Crippen molar-refractivity contribution in [3.8, 4) is 0 Å². The fourth-order valence-electron chi connectivity index (χ4n) is 2.09. The molecular weight excluding hydrogens is 373 g/mol. The van der Waals surface area contributed by atoms with Crippen molar-refractivity contribution in [1.82, 2.24) is 24.7 Å². The van der Waals surface area contributed by atoms with Gasteiger partial charge in [-0.2, -0.15) is 0 Å². The number of hydrogen-bond donors (Lipinski definition) is 0. The Morgan fingerprint density at radius 3 is 2.47 bits per heavy atom. The van der Waals surface area contributed by atoms with E-state index < -0.39 is 0 Å². The lowest BCUT2D eigenvalue weighted by atomic mass is 10.4. The summed E-state index contributed by atoms with van der Waals surface area (Å²) in [6, 6.07) is 0.608. The van der Waals surface area contributed by atoms with Crippen LogP contribution in [0.5, 0.6) is 0 Å². The Morgan fingerprint density at radius 1 is 1.11 bits per heavy atom. The lowest BCUT2D eigenvalue weighted by molar-refractivity contribution is 0.626. The molecule has 0 amide bonds. The predicted molar refractivity (Wildman–Crippen MR) is 79.1 cm³/mol. The molecule has 0 bridgehead atoms. The van der Waals surface area contributed by atoms with Crippen molar-refractivity contribution >= 4 is 34.4 Å². The van der Waals surface area contributed by atoms with Gasteiger partial charge in [0, 0.05) is 27.9 Å². The van der Waals surface area contributed by atoms with E-state index in [2.05, 4.69) is 47.3 Å². The minimum Gasteiger partial charge on any atom is -0.302 e. The SMILES string of the molecule is Ic1cnc(Sc2nnc(C3CC3)n2C2CC2)nc1. The normalized spacial score (nSPS) is 18.8. The fraction of sp³-hybridized carbons (Fsp3) is 0.500. The lowest BCUT2D eigenvalue weighted by Gasteiger charge is -2.07. The summed E-state index contributed by atoms with van der Waals surface area (Å²) in [5, 5.41) is 10.4. The molecule has 98 valence electrons. The number of halogens is 1. The summed E-state index contributed by atoms with van der Waals surface area (Å²) >= 11 is 3.73. The van der Waals surface area contributed by atoms with Gasteiger partial charge in [0.2, 0.25) is 0 Å². The van der Waals surface area contributed by atoms with Gasteiger partial charge in [-0.05, 0) is 60.0 Å². The maximum absolute atomic E-state index is 4.39. The van der Waals surface area contributed by atoms with E-state index in [9.17, 15) is 0 Å². The molecule has 2 aromatic heterocycles. The highest BCUT2D eigenvalue weighted by Gasteiger charge is 2.36. The number of aromatic nitrogens is 5. The van der Waals surface area contributed by atoms with Crippen molar-refractivity contribution in [3.05, 3.63) is 21.8 Å². The quantitative estimate of drug-likeness (QED) is 0.598. The Kier molecular flexibility index (Phi) is 2.98. The first kappa shape index (κ1) is 12.1. The van der Waals surface area contributed by atoms with Gasteiger partial charge in [0.15, 0.2) is 10.3 Å². The van der Waals surface area contributed by atoms with Gasteiger partial charge in [-0.1, -0.05) is 0 Å². The molecule has 7 heteroatoms. The number of hydrogen-bond acceptors (Lipinski definition) is 5. The monoisotopic (exact) mass is 385 g/mol. The van der Waals surface area contributed by atoms with Gasteiger partial charge in [0.25, 0.3) is 0 Å². The lowest BCUT2D eigenvalue weighted by Crippen LogP contribution is -2.02. The van der Waals surface area contributed by atoms with Crippen molar-refractivity contribution in [3.63, 3.8) is 0 Å². The highest BCUT2D eigenvalue weighted by molar-refractivity contribution is 14.1. The molecule has 0 radical (unpaired) electrons. The van der Waals surface area contributed by atoms with Gasteiger partial charge < -0.3 is 4.57 Å². The molecule has 2 heterocycles. The van der Waals surface area contributed by atoms with E-state index in [4.69, 9.17) is 0 Å². The highest BCUT2D eigenvalue weighted by atomic mass is 127. The second-order valence-electron chi connectivity index (χ2n) is 5.00. The number of rotatable bonds is 4. The smallest absolute Gasteiger partial charge is 0.199 e. The Balaban J connectivity index is 1.65. The Hall–Kier alpha value is -0.700. The number of nitrogens with zero attached hydrogens (tertiary/aromatic N) is 5. The van der Waals surface area contributed by atoms with Crippen LogP contribution in [0.25, 0.3) is 0 Å². The van der Waals surface area contributed by atoms with Crippen LogP contribution >= 0.6 is 34.4 Å². The molecule has 0 N–H and O–H groups in total. The molecule has 0 unspecified atom stereocenters. The average Bonchev–Trinajstić information content (AvgIpc) is 3.32. The first-order valence-corrected chi connectivity index (χ1v) is 8.31. The minimum atomic E-state index is 0.608. The zero-order chi connectivity index (χ0) is 12.8. The zero-order valence-electron chi connectivity index (χ0n) is 10.2. The Bertz CT molecular complexity index is 603. The van der Waals surface area contributed by atoms with Crippen LogP contribution in [0.15, 0.2) is 22.7 Å². The van der Waals surface area contributed by atoms with Gasteiger partial charge in [0.1, 0.15) is 5.82 Å². The summed E-state index contributed by atoms with van der Waals surface area (Å²) in [5.41, 5.74) is 0. The van der Waals surface area contributed by atoms with Crippen LogP contribution in [0.4, 0.5) is 0 Å². The van der Waals surface area contributed by atoms with Crippen molar-refractivity contribution in [2.75, 3.05) is 0 Å². The van der Waals surface area contributed by atoms with Gasteiger partial charge in [-0.3, -0.25) is 0 Å². The van der Waals surface area contributed by atoms with Crippen LogP contribution in [0, 0.1) is 3.57 Å². The summed E-state index contributed by atoms with van der Waals surface area (Å²) in [6.45, 7) is 0. The standard InChI is InChI=1S/C12H12IN5S/c13-8-5-14-11(15-6-8)19-12-17-16-10(7-1-2-7)18(12)9-3-4-9/h5-7,9H,1-4H2. The first-order valence-electron chi connectivity index (χ1n) is 6.41. The summed E-state index contributed by atoms with van der Waals surface area (Å²) in [4.78, 5) is 8.65. The molecule has 0 atom stereocenters. The van der Waals surface area contributed by atoms with Crippen LogP contribution in [0.2, 0.25) is 0 Å². The van der Waals surface area contributed by atoms with Gasteiger partial charge in [0.05, 0.1) is 0 Å². The first-order chi connectivity index (χ1) is 9.31. The molecule has 19 heavy (non-hydrogen) atoms. The summed E-state index contributed by atoms with van der Waals surface area (Å²) < 4.78 is 3.37.